The molecule has 0 amide bonds. The van der Waals surface area contributed by atoms with E-state index in [1.165, 1.54) is 12.1 Å². The van der Waals surface area contributed by atoms with E-state index in [1.807, 2.05) is 0 Å². The first-order valence-corrected chi connectivity index (χ1v) is 6.27. The maximum atomic E-state index is 13.7. The van der Waals surface area contributed by atoms with Crippen LogP contribution in [0.3, 0.4) is 0 Å². The molecule has 0 fully saturated rings. The molecular weight excluding hydrogens is 352 g/mol. The fraction of sp³-hybridized carbons (Fsp3) is 0. The molecule has 0 N–H and O–H groups in total. The molecule has 8 heteroatoms. The van der Waals surface area contributed by atoms with Gasteiger partial charge in [-0.2, -0.15) is 0 Å². The largest absolute Gasteiger partial charge is 0.444 e. The van der Waals surface area contributed by atoms with Gasteiger partial charge >= 0.3 is 5.69 Å². The lowest BCUT2D eigenvalue weighted by molar-refractivity contribution is -0.385. The van der Waals surface area contributed by atoms with Gasteiger partial charge < -0.3 is 4.74 Å². The van der Waals surface area contributed by atoms with Crippen LogP contribution in [-0.4, -0.2) is 11.2 Å². The molecule has 2 rings (SSSR count). The van der Waals surface area contributed by atoms with Gasteiger partial charge in [0.15, 0.2) is 17.4 Å². The highest BCUT2D eigenvalue weighted by atomic mass is 79.9. The van der Waals surface area contributed by atoms with Crippen molar-refractivity contribution in [2.75, 3.05) is 0 Å². The Hall–Kier alpha value is -2.35. The van der Waals surface area contributed by atoms with Gasteiger partial charge in [0, 0.05) is 16.1 Å². The van der Waals surface area contributed by atoms with E-state index in [-0.39, 0.29) is 17.6 Å². The fourth-order valence-electron chi connectivity index (χ4n) is 1.57. The van der Waals surface area contributed by atoms with E-state index in [4.69, 9.17) is 4.74 Å². The lowest BCUT2D eigenvalue weighted by Crippen LogP contribution is -1.98. The lowest BCUT2D eigenvalue weighted by Gasteiger charge is -2.09. The molecule has 0 aliphatic carbocycles. The molecule has 0 radical (unpaired) electrons. The van der Waals surface area contributed by atoms with Gasteiger partial charge in [0.05, 0.1) is 4.92 Å². The Balaban J connectivity index is 2.48. The Morgan fingerprint density at radius 1 is 1.19 bits per heavy atom. The molecule has 0 atom stereocenters. The van der Waals surface area contributed by atoms with Crippen molar-refractivity contribution in [3.05, 3.63) is 62.1 Å². The zero-order chi connectivity index (χ0) is 15.6. The highest BCUT2D eigenvalue weighted by molar-refractivity contribution is 9.10. The van der Waals surface area contributed by atoms with Crippen LogP contribution in [0.25, 0.3) is 0 Å². The minimum Gasteiger partial charge on any atom is -0.444 e. The monoisotopic (exact) mass is 357 g/mol. The number of halogens is 3. The van der Waals surface area contributed by atoms with Gasteiger partial charge in [0.1, 0.15) is 6.29 Å². The Labute approximate surface area is 125 Å². The third-order valence-corrected chi connectivity index (χ3v) is 2.98. The van der Waals surface area contributed by atoms with Gasteiger partial charge in [-0.15, -0.1) is 0 Å². The number of hydrogen-bond acceptors (Lipinski definition) is 4. The molecule has 0 heterocycles. The Kier molecular flexibility index (Phi) is 4.27. The second-order valence-electron chi connectivity index (χ2n) is 3.90. The molecule has 0 saturated heterocycles. The normalized spacial score (nSPS) is 10.2. The highest BCUT2D eigenvalue weighted by Gasteiger charge is 2.20. The topological polar surface area (TPSA) is 69.4 Å². The second-order valence-corrected chi connectivity index (χ2v) is 4.82. The van der Waals surface area contributed by atoms with Gasteiger partial charge in [-0.05, 0) is 24.3 Å². The molecule has 2 aromatic rings. The molecule has 21 heavy (non-hydrogen) atoms. The van der Waals surface area contributed by atoms with Gasteiger partial charge in [0.2, 0.25) is 5.75 Å². The lowest BCUT2D eigenvalue weighted by atomic mass is 10.2. The quantitative estimate of drug-likeness (QED) is 0.466. The first-order valence-electron chi connectivity index (χ1n) is 5.48. The van der Waals surface area contributed by atoms with Gasteiger partial charge in [-0.1, -0.05) is 15.9 Å². The molecule has 0 aliphatic rings. The molecule has 2 aromatic carbocycles. The molecular formula is C13H6BrF2NO4. The molecule has 0 saturated carbocycles. The van der Waals surface area contributed by atoms with E-state index in [1.54, 1.807) is 0 Å². The smallest absolute Gasteiger partial charge is 0.312 e. The standard InChI is InChI=1S/C13H6BrF2NO4/c14-8-1-2-12(11(5-8)17(19)20)21-13-9(15)3-7(6-18)4-10(13)16/h1-6H. The van der Waals surface area contributed by atoms with Crippen LogP contribution in [0.15, 0.2) is 34.8 Å². The van der Waals surface area contributed by atoms with Crippen molar-refractivity contribution in [1.29, 1.82) is 0 Å². The number of rotatable bonds is 4. The molecule has 0 unspecified atom stereocenters. The zero-order valence-electron chi connectivity index (χ0n) is 10.2. The van der Waals surface area contributed by atoms with E-state index < -0.39 is 28.0 Å². The number of nitro benzene ring substituents is 1. The maximum Gasteiger partial charge on any atom is 0.312 e. The summed E-state index contributed by atoms with van der Waals surface area (Å²) in [4.78, 5) is 20.7. The number of ether oxygens (including phenoxy) is 1. The zero-order valence-corrected chi connectivity index (χ0v) is 11.8. The number of benzene rings is 2. The van der Waals surface area contributed by atoms with Gasteiger partial charge in [-0.25, -0.2) is 8.78 Å². The Bertz CT molecular complexity index is 713. The molecule has 0 bridgehead atoms. The van der Waals surface area contributed by atoms with Crippen molar-refractivity contribution in [2.45, 2.75) is 0 Å². The van der Waals surface area contributed by atoms with Crippen LogP contribution in [0.2, 0.25) is 0 Å². The first-order chi connectivity index (χ1) is 9.92. The summed E-state index contributed by atoms with van der Waals surface area (Å²) in [5.41, 5.74) is -0.662. The summed E-state index contributed by atoms with van der Waals surface area (Å²) < 4.78 is 32.8. The van der Waals surface area contributed by atoms with E-state index in [2.05, 4.69) is 15.9 Å². The summed E-state index contributed by atoms with van der Waals surface area (Å²) in [6.45, 7) is 0. The number of carbonyl (C=O) groups is 1. The van der Waals surface area contributed by atoms with E-state index in [9.17, 15) is 23.7 Å². The molecule has 0 spiro atoms. The minimum atomic E-state index is -1.13. The summed E-state index contributed by atoms with van der Waals surface area (Å²) in [5, 5.41) is 10.9. The van der Waals surface area contributed by atoms with Gasteiger partial charge in [-0.3, -0.25) is 14.9 Å². The number of nitrogens with zero attached hydrogens (tertiary/aromatic N) is 1. The SMILES string of the molecule is O=Cc1cc(F)c(Oc2ccc(Br)cc2[N+](=O)[O-])c(F)c1. The van der Waals surface area contributed by atoms with Crippen LogP contribution < -0.4 is 4.74 Å². The molecule has 0 aromatic heterocycles. The average molecular weight is 358 g/mol. The van der Waals surface area contributed by atoms with Crippen molar-refractivity contribution < 1.29 is 23.2 Å². The third-order valence-electron chi connectivity index (χ3n) is 2.49. The minimum absolute atomic E-state index is 0.206. The van der Waals surface area contributed by atoms with Crippen LogP contribution in [0.1, 0.15) is 10.4 Å². The summed E-state index contributed by atoms with van der Waals surface area (Å²) >= 11 is 3.05. The summed E-state index contributed by atoms with van der Waals surface area (Å²) in [6.07, 6.45) is 0.276. The molecule has 5 nitrogen and oxygen atoms in total. The number of aldehydes is 1. The van der Waals surface area contributed by atoms with Gasteiger partial charge in [0.25, 0.3) is 0 Å². The summed E-state index contributed by atoms with van der Waals surface area (Å²) in [5.74, 6) is -3.39. The maximum absolute atomic E-state index is 13.7. The predicted molar refractivity (Wildman–Crippen MR) is 72.6 cm³/mol. The van der Waals surface area contributed by atoms with Crippen LogP contribution in [-0.2, 0) is 0 Å². The Morgan fingerprint density at radius 3 is 2.33 bits per heavy atom. The van der Waals surface area contributed by atoms with E-state index in [0.717, 1.165) is 18.2 Å². The molecule has 0 aliphatic heterocycles. The second kappa shape index (κ2) is 5.96. The van der Waals surface area contributed by atoms with Crippen molar-refractivity contribution in [3.63, 3.8) is 0 Å². The summed E-state index contributed by atoms with van der Waals surface area (Å²) in [6, 6.07) is 5.32. The number of nitro groups is 1. The van der Waals surface area contributed by atoms with Crippen LogP contribution >= 0.6 is 15.9 Å². The first kappa shape index (κ1) is 15.0. The van der Waals surface area contributed by atoms with E-state index in [0.29, 0.717) is 4.47 Å². The van der Waals surface area contributed by atoms with Crippen molar-refractivity contribution >= 4 is 27.9 Å². The average Bonchev–Trinajstić information content (AvgIpc) is 2.43. The summed E-state index contributed by atoms with van der Waals surface area (Å²) in [7, 11) is 0. The Morgan fingerprint density at radius 2 is 1.81 bits per heavy atom. The van der Waals surface area contributed by atoms with Crippen LogP contribution in [0.4, 0.5) is 14.5 Å². The van der Waals surface area contributed by atoms with Crippen molar-refractivity contribution in [3.8, 4) is 11.5 Å². The van der Waals surface area contributed by atoms with Crippen molar-refractivity contribution in [1.82, 2.24) is 0 Å². The van der Waals surface area contributed by atoms with Crippen LogP contribution in [0.5, 0.6) is 11.5 Å². The fourth-order valence-corrected chi connectivity index (χ4v) is 1.92. The predicted octanol–water partition coefficient (Wildman–Crippen LogP) is 4.24. The third kappa shape index (κ3) is 3.22. The van der Waals surface area contributed by atoms with Crippen LogP contribution in [0, 0.1) is 21.7 Å². The molecule has 108 valence electrons. The highest BCUT2D eigenvalue weighted by Crippen LogP contribution is 2.35. The number of carbonyl (C=O) groups excluding carboxylic acids is 1. The van der Waals surface area contributed by atoms with E-state index >= 15 is 0 Å². The number of hydrogen-bond donors (Lipinski definition) is 0. The van der Waals surface area contributed by atoms with Crippen molar-refractivity contribution in [2.24, 2.45) is 0 Å².